The maximum absolute atomic E-state index is 6.11. The summed E-state index contributed by atoms with van der Waals surface area (Å²) < 4.78 is 2.13. The molecule has 1 atom stereocenters. The summed E-state index contributed by atoms with van der Waals surface area (Å²) in [7, 11) is 0. The summed E-state index contributed by atoms with van der Waals surface area (Å²) in [6, 6.07) is 8.33. The van der Waals surface area contributed by atoms with Gasteiger partial charge in [0.1, 0.15) is 0 Å². The highest BCUT2D eigenvalue weighted by Crippen LogP contribution is 2.13. The van der Waals surface area contributed by atoms with E-state index in [4.69, 9.17) is 5.73 Å². The SMILES string of the molecule is C=CCCCC(N)Cn1cnc2ccccc21. The standard InChI is InChI=1S/C14H19N3/c1-2-3-4-7-12(15)10-17-11-16-13-8-5-6-9-14(13)17/h2,5-6,8-9,11-12H,1,3-4,7,10,15H2. The topological polar surface area (TPSA) is 43.8 Å². The van der Waals surface area contributed by atoms with E-state index in [2.05, 4.69) is 22.2 Å². The number of imidazole rings is 1. The van der Waals surface area contributed by atoms with Crippen LogP contribution in [0.15, 0.2) is 43.2 Å². The summed E-state index contributed by atoms with van der Waals surface area (Å²) in [5, 5.41) is 0. The van der Waals surface area contributed by atoms with Crippen LogP contribution in [0.3, 0.4) is 0 Å². The molecule has 0 aliphatic carbocycles. The first kappa shape index (κ1) is 11.9. The molecular weight excluding hydrogens is 210 g/mol. The molecule has 0 radical (unpaired) electrons. The third-order valence-corrected chi connectivity index (χ3v) is 2.94. The summed E-state index contributed by atoms with van der Waals surface area (Å²) in [6.45, 7) is 4.55. The predicted molar refractivity (Wildman–Crippen MR) is 71.8 cm³/mol. The number of hydrogen-bond donors (Lipinski definition) is 1. The Morgan fingerprint density at radius 2 is 2.24 bits per heavy atom. The summed E-state index contributed by atoms with van der Waals surface area (Å²) in [6.07, 6.45) is 6.99. The summed E-state index contributed by atoms with van der Waals surface area (Å²) in [5.41, 5.74) is 8.31. The molecule has 0 spiro atoms. The Balaban J connectivity index is 2.00. The molecule has 0 bridgehead atoms. The van der Waals surface area contributed by atoms with Gasteiger partial charge < -0.3 is 10.3 Å². The van der Waals surface area contributed by atoms with Crippen LogP contribution in [0.4, 0.5) is 0 Å². The Hall–Kier alpha value is -1.61. The van der Waals surface area contributed by atoms with E-state index in [0.29, 0.717) is 0 Å². The molecule has 1 aromatic heterocycles. The van der Waals surface area contributed by atoms with Crippen molar-refractivity contribution in [3.8, 4) is 0 Å². The molecule has 0 saturated carbocycles. The van der Waals surface area contributed by atoms with Gasteiger partial charge in [0.2, 0.25) is 0 Å². The van der Waals surface area contributed by atoms with E-state index in [1.54, 1.807) is 0 Å². The van der Waals surface area contributed by atoms with E-state index in [-0.39, 0.29) is 6.04 Å². The number of aromatic nitrogens is 2. The van der Waals surface area contributed by atoms with Gasteiger partial charge in [-0.15, -0.1) is 6.58 Å². The molecule has 1 aromatic carbocycles. The fourth-order valence-electron chi connectivity index (χ4n) is 2.02. The van der Waals surface area contributed by atoms with Crippen LogP contribution in [0.5, 0.6) is 0 Å². The Bertz CT molecular complexity index is 487. The molecule has 0 aliphatic rings. The van der Waals surface area contributed by atoms with Crippen LogP contribution >= 0.6 is 0 Å². The van der Waals surface area contributed by atoms with Crippen LogP contribution in [0, 0.1) is 0 Å². The van der Waals surface area contributed by atoms with Crippen molar-refractivity contribution in [2.24, 2.45) is 5.73 Å². The Labute approximate surface area is 102 Å². The molecule has 2 rings (SSSR count). The van der Waals surface area contributed by atoms with Gasteiger partial charge in [-0.2, -0.15) is 0 Å². The normalized spacial score (nSPS) is 12.8. The number of unbranched alkanes of at least 4 members (excludes halogenated alkanes) is 1. The van der Waals surface area contributed by atoms with Gasteiger partial charge in [-0.3, -0.25) is 0 Å². The minimum Gasteiger partial charge on any atom is -0.329 e. The highest BCUT2D eigenvalue weighted by Gasteiger charge is 2.06. The van der Waals surface area contributed by atoms with Crippen molar-refractivity contribution in [2.75, 3.05) is 0 Å². The zero-order valence-electron chi connectivity index (χ0n) is 10.0. The van der Waals surface area contributed by atoms with E-state index in [1.807, 2.05) is 30.6 Å². The molecule has 2 aromatic rings. The fraction of sp³-hybridized carbons (Fsp3) is 0.357. The lowest BCUT2D eigenvalue weighted by Gasteiger charge is -2.12. The van der Waals surface area contributed by atoms with Crippen molar-refractivity contribution in [3.63, 3.8) is 0 Å². The first-order valence-electron chi connectivity index (χ1n) is 6.07. The zero-order valence-corrected chi connectivity index (χ0v) is 10.0. The molecule has 3 nitrogen and oxygen atoms in total. The molecular formula is C14H19N3. The molecule has 1 heterocycles. The fourth-order valence-corrected chi connectivity index (χ4v) is 2.02. The lowest BCUT2D eigenvalue weighted by molar-refractivity contribution is 0.513. The highest BCUT2D eigenvalue weighted by molar-refractivity contribution is 5.74. The van der Waals surface area contributed by atoms with Gasteiger partial charge in [0.15, 0.2) is 0 Å². The number of para-hydroxylation sites is 2. The van der Waals surface area contributed by atoms with Crippen molar-refractivity contribution >= 4 is 11.0 Å². The Kier molecular flexibility index (Phi) is 3.94. The number of nitrogens with two attached hydrogens (primary N) is 1. The van der Waals surface area contributed by atoms with Gasteiger partial charge in [0.25, 0.3) is 0 Å². The number of rotatable bonds is 6. The molecule has 0 amide bonds. The average Bonchev–Trinajstić information content (AvgIpc) is 2.73. The van der Waals surface area contributed by atoms with Gasteiger partial charge in [-0.25, -0.2) is 4.98 Å². The number of hydrogen-bond acceptors (Lipinski definition) is 2. The first-order valence-corrected chi connectivity index (χ1v) is 6.07. The van der Waals surface area contributed by atoms with Crippen LogP contribution < -0.4 is 5.73 Å². The van der Waals surface area contributed by atoms with E-state index in [0.717, 1.165) is 36.8 Å². The third kappa shape index (κ3) is 2.94. The lowest BCUT2D eigenvalue weighted by atomic mass is 10.1. The summed E-state index contributed by atoms with van der Waals surface area (Å²) in [5.74, 6) is 0. The van der Waals surface area contributed by atoms with Crippen LogP contribution in [-0.2, 0) is 6.54 Å². The predicted octanol–water partition coefficient (Wildman–Crippen LogP) is 2.72. The molecule has 2 N–H and O–H groups in total. The van der Waals surface area contributed by atoms with Crippen molar-refractivity contribution in [2.45, 2.75) is 31.8 Å². The van der Waals surface area contributed by atoms with Crippen LogP contribution in [0.1, 0.15) is 19.3 Å². The second kappa shape index (κ2) is 5.64. The Morgan fingerprint density at radius 3 is 3.06 bits per heavy atom. The second-order valence-electron chi connectivity index (χ2n) is 4.37. The maximum Gasteiger partial charge on any atom is 0.0958 e. The van der Waals surface area contributed by atoms with E-state index < -0.39 is 0 Å². The number of nitrogens with zero attached hydrogens (tertiary/aromatic N) is 2. The molecule has 17 heavy (non-hydrogen) atoms. The van der Waals surface area contributed by atoms with Gasteiger partial charge in [-0.05, 0) is 31.4 Å². The first-order chi connectivity index (χ1) is 8.31. The van der Waals surface area contributed by atoms with Crippen LogP contribution in [0.2, 0.25) is 0 Å². The number of allylic oxidation sites excluding steroid dienone is 1. The maximum atomic E-state index is 6.11. The van der Waals surface area contributed by atoms with Crippen LogP contribution in [-0.4, -0.2) is 15.6 Å². The minimum absolute atomic E-state index is 0.188. The molecule has 3 heteroatoms. The van der Waals surface area contributed by atoms with Crippen molar-refractivity contribution < 1.29 is 0 Å². The van der Waals surface area contributed by atoms with Gasteiger partial charge in [0, 0.05) is 12.6 Å². The van der Waals surface area contributed by atoms with E-state index in [1.165, 1.54) is 0 Å². The van der Waals surface area contributed by atoms with Gasteiger partial charge in [0.05, 0.1) is 17.4 Å². The quantitative estimate of drug-likeness (QED) is 0.611. The molecule has 90 valence electrons. The molecule has 1 unspecified atom stereocenters. The number of benzene rings is 1. The van der Waals surface area contributed by atoms with Crippen LogP contribution in [0.25, 0.3) is 11.0 Å². The van der Waals surface area contributed by atoms with Crippen molar-refractivity contribution in [1.29, 1.82) is 0 Å². The number of fused-ring (bicyclic) bond motifs is 1. The van der Waals surface area contributed by atoms with Gasteiger partial charge >= 0.3 is 0 Å². The summed E-state index contributed by atoms with van der Waals surface area (Å²) >= 11 is 0. The largest absolute Gasteiger partial charge is 0.329 e. The second-order valence-corrected chi connectivity index (χ2v) is 4.37. The minimum atomic E-state index is 0.188. The van der Waals surface area contributed by atoms with Crippen molar-refractivity contribution in [1.82, 2.24) is 9.55 Å². The zero-order chi connectivity index (χ0) is 12.1. The monoisotopic (exact) mass is 229 g/mol. The van der Waals surface area contributed by atoms with Crippen molar-refractivity contribution in [3.05, 3.63) is 43.2 Å². The average molecular weight is 229 g/mol. The van der Waals surface area contributed by atoms with E-state index in [9.17, 15) is 0 Å². The molecule has 0 aliphatic heterocycles. The Morgan fingerprint density at radius 1 is 1.41 bits per heavy atom. The summed E-state index contributed by atoms with van der Waals surface area (Å²) in [4.78, 5) is 4.36. The van der Waals surface area contributed by atoms with Gasteiger partial charge in [-0.1, -0.05) is 18.2 Å². The smallest absolute Gasteiger partial charge is 0.0958 e. The molecule has 0 saturated heterocycles. The highest BCUT2D eigenvalue weighted by atomic mass is 15.1. The van der Waals surface area contributed by atoms with E-state index >= 15 is 0 Å². The lowest BCUT2D eigenvalue weighted by Crippen LogP contribution is -2.25. The third-order valence-electron chi connectivity index (χ3n) is 2.94. The molecule has 0 fully saturated rings.